The van der Waals surface area contributed by atoms with Crippen molar-refractivity contribution in [2.75, 3.05) is 12.3 Å². The Balaban J connectivity index is 2.78. The van der Waals surface area contributed by atoms with Crippen LogP contribution in [0.1, 0.15) is 27.7 Å². The highest BCUT2D eigenvalue weighted by atomic mass is 32.2. The largest absolute Gasteiger partial charge is 0.399 e. The minimum Gasteiger partial charge on any atom is -0.399 e. The van der Waals surface area contributed by atoms with Gasteiger partial charge in [0.15, 0.2) is 0 Å². The van der Waals surface area contributed by atoms with Crippen molar-refractivity contribution in [2.24, 2.45) is 11.3 Å². The van der Waals surface area contributed by atoms with Crippen molar-refractivity contribution >= 4 is 15.7 Å². The van der Waals surface area contributed by atoms with Gasteiger partial charge in [-0.1, -0.05) is 33.8 Å². The van der Waals surface area contributed by atoms with Gasteiger partial charge in [0.2, 0.25) is 10.0 Å². The number of nitrogens with two attached hydrogens (primary N) is 1. The first-order chi connectivity index (χ1) is 8.13. The highest BCUT2D eigenvalue weighted by Gasteiger charge is 2.22. The second-order valence-corrected chi connectivity index (χ2v) is 7.46. The molecule has 0 heterocycles. The fraction of sp³-hybridized carbons (Fsp3) is 0.538. The molecule has 0 aliphatic carbocycles. The Morgan fingerprint density at radius 3 is 2.44 bits per heavy atom. The number of hydrogen-bond donors (Lipinski definition) is 2. The van der Waals surface area contributed by atoms with Gasteiger partial charge in [-0.25, -0.2) is 13.1 Å². The molecule has 0 fully saturated rings. The number of anilines is 1. The van der Waals surface area contributed by atoms with Crippen LogP contribution in [0.2, 0.25) is 0 Å². The maximum Gasteiger partial charge on any atom is 0.240 e. The fourth-order valence-electron chi connectivity index (χ4n) is 1.31. The average Bonchev–Trinajstić information content (AvgIpc) is 2.24. The molecule has 1 rings (SSSR count). The summed E-state index contributed by atoms with van der Waals surface area (Å²) in [4.78, 5) is 0.212. The molecule has 0 bridgehead atoms. The number of nitrogen functional groups attached to an aromatic ring is 1. The molecule has 4 nitrogen and oxygen atoms in total. The van der Waals surface area contributed by atoms with Gasteiger partial charge < -0.3 is 5.73 Å². The van der Waals surface area contributed by atoms with Gasteiger partial charge in [-0.3, -0.25) is 0 Å². The van der Waals surface area contributed by atoms with Gasteiger partial charge in [0.05, 0.1) is 4.90 Å². The lowest BCUT2D eigenvalue weighted by Gasteiger charge is -2.27. The lowest BCUT2D eigenvalue weighted by atomic mass is 9.82. The first kappa shape index (κ1) is 15.0. The first-order valence-electron chi connectivity index (χ1n) is 5.98. The minimum absolute atomic E-state index is 0.0677. The van der Waals surface area contributed by atoms with E-state index in [1.165, 1.54) is 6.07 Å². The van der Waals surface area contributed by atoms with Gasteiger partial charge >= 0.3 is 0 Å². The Labute approximate surface area is 110 Å². The van der Waals surface area contributed by atoms with Crippen LogP contribution >= 0.6 is 0 Å². The average molecular weight is 270 g/mol. The van der Waals surface area contributed by atoms with Crippen molar-refractivity contribution in [3.05, 3.63) is 24.3 Å². The molecule has 18 heavy (non-hydrogen) atoms. The van der Waals surface area contributed by atoms with Crippen LogP contribution in [0.3, 0.4) is 0 Å². The summed E-state index contributed by atoms with van der Waals surface area (Å²) in [5, 5.41) is 0. The molecule has 3 N–H and O–H groups in total. The standard InChI is InChI=1S/C13H22N2O2S/c1-10(13(2,3)4)9-15-18(16,17)12-7-5-6-11(14)8-12/h5-8,10,15H,9,14H2,1-4H3. The molecule has 0 amide bonds. The minimum atomic E-state index is -3.47. The van der Waals surface area contributed by atoms with Crippen molar-refractivity contribution in [3.8, 4) is 0 Å². The maximum absolute atomic E-state index is 12.0. The third kappa shape index (κ3) is 3.99. The van der Waals surface area contributed by atoms with Gasteiger partial charge in [-0.05, 0) is 29.5 Å². The second kappa shape index (κ2) is 5.28. The molecular formula is C13H22N2O2S. The van der Waals surface area contributed by atoms with E-state index in [2.05, 4.69) is 25.5 Å². The van der Waals surface area contributed by atoms with Crippen LogP contribution in [0.4, 0.5) is 5.69 Å². The van der Waals surface area contributed by atoms with E-state index in [0.29, 0.717) is 12.2 Å². The van der Waals surface area contributed by atoms with Crippen LogP contribution in [-0.2, 0) is 10.0 Å². The van der Waals surface area contributed by atoms with E-state index >= 15 is 0 Å². The molecule has 0 spiro atoms. The second-order valence-electron chi connectivity index (χ2n) is 5.69. The molecular weight excluding hydrogens is 248 g/mol. The Kier molecular flexibility index (Phi) is 4.40. The summed E-state index contributed by atoms with van der Waals surface area (Å²) >= 11 is 0. The number of sulfonamides is 1. The first-order valence-corrected chi connectivity index (χ1v) is 7.46. The van der Waals surface area contributed by atoms with Gasteiger partial charge in [0.25, 0.3) is 0 Å². The number of benzene rings is 1. The third-order valence-electron chi connectivity index (χ3n) is 3.23. The van der Waals surface area contributed by atoms with Crippen LogP contribution in [0.15, 0.2) is 29.2 Å². The lowest BCUT2D eigenvalue weighted by molar-refractivity contribution is 0.263. The van der Waals surface area contributed by atoms with Gasteiger partial charge in [-0.2, -0.15) is 0 Å². The van der Waals surface area contributed by atoms with Gasteiger partial charge in [0, 0.05) is 12.2 Å². The molecule has 0 aliphatic rings. The number of hydrogen-bond acceptors (Lipinski definition) is 3. The smallest absolute Gasteiger partial charge is 0.240 e. The van der Waals surface area contributed by atoms with Crippen molar-refractivity contribution in [1.82, 2.24) is 4.72 Å². The Morgan fingerprint density at radius 2 is 1.94 bits per heavy atom. The molecule has 5 heteroatoms. The fourth-order valence-corrected chi connectivity index (χ4v) is 2.49. The van der Waals surface area contributed by atoms with Crippen molar-refractivity contribution in [2.45, 2.75) is 32.6 Å². The molecule has 102 valence electrons. The quantitative estimate of drug-likeness (QED) is 0.824. The summed E-state index contributed by atoms with van der Waals surface area (Å²) in [5.74, 6) is 0.244. The van der Waals surface area contributed by atoms with Crippen LogP contribution in [-0.4, -0.2) is 15.0 Å². The van der Waals surface area contributed by atoms with E-state index in [4.69, 9.17) is 5.73 Å². The maximum atomic E-state index is 12.0. The zero-order valence-electron chi connectivity index (χ0n) is 11.4. The number of rotatable bonds is 4. The summed E-state index contributed by atoms with van der Waals surface area (Å²) < 4.78 is 26.7. The Morgan fingerprint density at radius 1 is 1.33 bits per heavy atom. The summed E-state index contributed by atoms with van der Waals surface area (Å²) in [6.07, 6.45) is 0. The van der Waals surface area contributed by atoms with E-state index in [9.17, 15) is 8.42 Å². The summed E-state index contributed by atoms with van der Waals surface area (Å²) in [6.45, 7) is 8.72. The zero-order valence-corrected chi connectivity index (χ0v) is 12.2. The van der Waals surface area contributed by atoms with Crippen molar-refractivity contribution in [1.29, 1.82) is 0 Å². The molecule has 0 radical (unpaired) electrons. The molecule has 1 aromatic carbocycles. The van der Waals surface area contributed by atoms with Crippen LogP contribution in [0.25, 0.3) is 0 Å². The Hall–Kier alpha value is -1.07. The molecule has 0 saturated carbocycles. The van der Waals surface area contributed by atoms with E-state index in [1.807, 2.05) is 6.92 Å². The monoisotopic (exact) mass is 270 g/mol. The van der Waals surface area contributed by atoms with E-state index in [-0.39, 0.29) is 16.2 Å². The number of nitrogens with one attached hydrogen (secondary N) is 1. The third-order valence-corrected chi connectivity index (χ3v) is 4.65. The highest BCUT2D eigenvalue weighted by molar-refractivity contribution is 7.89. The Bertz CT molecular complexity index is 504. The van der Waals surface area contributed by atoms with Crippen LogP contribution in [0.5, 0.6) is 0 Å². The normalized spacial score (nSPS) is 14.4. The predicted molar refractivity (Wildman–Crippen MR) is 74.7 cm³/mol. The predicted octanol–water partition coefficient (Wildman–Crippen LogP) is 2.23. The van der Waals surface area contributed by atoms with E-state index in [1.54, 1.807) is 18.2 Å². The summed E-state index contributed by atoms with van der Waals surface area (Å²) in [5.41, 5.74) is 6.10. The summed E-state index contributed by atoms with van der Waals surface area (Å²) in [7, 11) is -3.47. The molecule has 0 saturated heterocycles. The van der Waals surface area contributed by atoms with Crippen molar-refractivity contribution in [3.63, 3.8) is 0 Å². The van der Waals surface area contributed by atoms with Crippen LogP contribution in [0, 0.1) is 11.3 Å². The molecule has 0 aliphatic heterocycles. The zero-order chi connectivity index (χ0) is 14.0. The lowest BCUT2D eigenvalue weighted by Crippen LogP contribution is -2.33. The molecule has 1 unspecified atom stereocenters. The highest BCUT2D eigenvalue weighted by Crippen LogP contribution is 2.25. The van der Waals surface area contributed by atoms with Gasteiger partial charge in [0.1, 0.15) is 0 Å². The van der Waals surface area contributed by atoms with Crippen molar-refractivity contribution < 1.29 is 8.42 Å². The van der Waals surface area contributed by atoms with Crippen LogP contribution < -0.4 is 10.5 Å². The van der Waals surface area contributed by atoms with E-state index in [0.717, 1.165) is 0 Å². The van der Waals surface area contributed by atoms with Gasteiger partial charge in [-0.15, -0.1) is 0 Å². The molecule has 1 atom stereocenters. The summed E-state index contributed by atoms with van der Waals surface area (Å²) in [6, 6.07) is 6.30. The topological polar surface area (TPSA) is 72.2 Å². The molecule has 1 aromatic rings. The van der Waals surface area contributed by atoms with E-state index < -0.39 is 10.0 Å². The SMILES string of the molecule is CC(CNS(=O)(=O)c1cccc(N)c1)C(C)(C)C. The molecule has 0 aromatic heterocycles.